The quantitative estimate of drug-likeness (QED) is 0.477. The summed E-state index contributed by atoms with van der Waals surface area (Å²) in [5.74, 6) is 0.927. The smallest absolute Gasteiger partial charge is 0.265 e. The van der Waals surface area contributed by atoms with Crippen molar-refractivity contribution in [3.8, 4) is 11.5 Å². The van der Waals surface area contributed by atoms with Gasteiger partial charge in [0.2, 0.25) is 5.91 Å². The number of sulfonamides is 1. The van der Waals surface area contributed by atoms with Crippen molar-refractivity contribution in [3.63, 3.8) is 0 Å². The van der Waals surface area contributed by atoms with E-state index in [0.29, 0.717) is 40.7 Å². The number of rotatable bonds is 9. The molecule has 1 amide bonds. The number of amides is 1. The van der Waals surface area contributed by atoms with Gasteiger partial charge in [0.25, 0.3) is 10.0 Å². The zero-order valence-corrected chi connectivity index (χ0v) is 19.5. The van der Waals surface area contributed by atoms with Gasteiger partial charge in [0, 0.05) is 12.6 Å². The molecule has 0 saturated carbocycles. The molecule has 0 saturated heterocycles. The number of hydrogen-bond donors (Lipinski definition) is 2. The minimum atomic E-state index is -3.95. The fourth-order valence-corrected chi connectivity index (χ4v) is 4.27. The van der Waals surface area contributed by atoms with Gasteiger partial charge in [-0.1, -0.05) is 17.3 Å². The van der Waals surface area contributed by atoms with E-state index in [2.05, 4.69) is 15.2 Å². The zero-order valence-electron chi connectivity index (χ0n) is 18.7. The average Bonchev–Trinajstić information content (AvgIpc) is 3.12. The lowest BCUT2D eigenvalue weighted by molar-refractivity contribution is -0.114. The summed E-state index contributed by atoms with van der Waals surface area (Å²) in [6, 6.07) is 11.4. The van der Waals surface area contributed by atoms with E-state index in [4.69, 9.17) is 14.0 Å². The maximum absolute atomic E-state index is 13.1. The van der Waals surface area contributed by atoms with Gasteiger partial charge in [-0.15, -0.1) is 0 Å². The van der Waals surface area contributed by atoms with Crippen molar-refractivity contribution in [2.24, 2.45) is 0 Å². The molecule has 2 aromatic carbocycles. The molecule has 3 aromatic rings. The third-order valence-corrected chi connectivity index (χ3v) is 5.91. The molecule has 0 fully saturated rings. The molecular formula is C23H25N3O6S. The summed E-state index contributed by atoms with van der Waals surface area (Å²) < 4.78 is 44.6. The first kappa shape index (κ1) is 23.9. The minimum Gasteiger partial charge on any atom is -0.495 e. The Kier molecular flexibility index (Phi) is 7.39. The molecule has 3 rings (SSSR count). The highest BCUT2D eigenvalue weighted by molar-refractivity contribution is 7.92. The highest BCUT2D eigenvalue weighted by Crippen LogP contribution is 2.29. The molecular weight excluding hydrogens is 446 g/mol. The Labute approximate surface area is 192 Å². The Morgan fingerprint density at radius 3 is 2.52 bits per heavy atom. The van der Waals surface area contributed by atoms with Gasteiger partial charge in [0.1, 0.15) is 27.8 Å². The van der Waals surface area contributed by atoms with Gasteiger partial charge in [0.05, 0.1) is 13.7 Å². The van der Waals surface area contributed by atoms with Crippen LogP contribution < -0.4 is 19.5 Å². The van der Waals surface area contributed by atoms with E-state index in [1.54, 1.807) is 55.5 Å². The Morgan fingerprint density at radius 1 is 1.15 bits per heavy atom. The fraction of sp³-hybridized carbons (Fsp3) is 0.217. The van der Waals surface area contributed by atoms with Crippen LogP contribution in [0.4, 0.5) is 11.4 Å². The number of ether oxygens (including phenoxy) is 2. The molecule has 0 aliphatic rings. The number of nitrogens with one attached hydrogen (secondary N) is 2. The van der Waals surface area contributed by atoms with E-state index in [-0.39, 0.29) is 16.6 Å². The van der Waals surface area contributed by atoms with Crippen LogP contribution in [0.3, 0.4) is 0 Å². The van der Waals surface area contributed by atoms with Crippen molar-refractivity contribution in [2.75, 3.05) is 23.8 Å². The van der Waals surface area contributed by atoms with Crippen molar-refractivity contribution in [3.05, 3.63) is 59.5 Å². The predicted octanol–water partition coefficient (Wildman–Crippen LogP) is 4.32. The van der Waals surface area contributed by atoms with Crippen LogP contribution in [-0.2, 0) is 14.8 Å². The second-order valence-corrected chi connectivity index (χ2v) is 8.65. The summed E-state index contributed by atoms with van der Waals surface area (Å²) in [6.45, 7) is 5.48. The number of carbonyl (C=O) groups excluding carboxylic acids is 1. The summed E-state index contributed by atoms with van der Waals surface area (Å²) >= 11 is 0. The van der Waals surface area contributed by atoms with Crippen LogP contribution in [0, 0.1) is 6.92 Å². The summed E-state index contributed by atoms with van der Waals surface area (Å²) in [4.78, 5) is 11.4. The van der Waals surface area contributed by atoms with Crippen LogP contribution in [0.2, 0.25) is 0 Å². The summed E-state index contributed by atoms with van der Waals surface area (Å²) in [5, 5.41) is 6.52. The van der Waals surface area contributed by atoms with E-state index in [1.807, 2.05) is 6.92 Å². The highest BCUT2D eigenvalue weighted by Gasteiger charge is 2.20. The Balaban J connectivity index is 1.89. The third-order valence-electron chi connectivity index (χ3n) is 4.51. The predicted molar refractivity (Wildman–Crippen MR) is 126 cm³/mol. The van der Waals surface area contributed by atoms with Crippen molar-refractivity contribution in [2.45, 2.75) is 25.7 Å². The van der Waals surface area contributed by atoms with Gasteiger partial charge < -0.3 is 19.3 Å². The molecule has 0 spiro atoms. The average molecular weight is 472 g/mol. The molecule has 0 unspecified atom stereocenters. The van der Waals surface area contributed by atoms with Gasteiger partial charge in [0.15, 0.2) is 5.76 Å². The largest absolute Gasteiger partial charge is 0.495 e. The van der Waals surface area contributed by atoms with Gasteiger partial charge in [-0.05, 0) is 61.9 Å². The number of nitrogens with zero attached hydrogens (tertiary/aromatic N) is 1. The standard InChI is InChI=1S/C23H25N3O6S/c1-5-31-19-10-8-18(9-11-19)26-33(28,29)22-14-17(6-12-20(22)30-4)7-13-21-23(24-16(3)27)15(2)25-32-21/h6-14,26H,5H2,1-4H3,(H,24,27)/b13-7-. The topological polar surface area (TPSA) is 120 Å². The molecule has 2 N–H and O–H groups in total. The highest BCUT2D eigenvalue weighted by atomic mass is 32.2. The number of hydrogen-bond acceptors (Lipinski definition) is 7. The number of methoxy groups -OCH3 is 1. The number of carbonyl (C=O) groups is 1. The first-order valence-electron chi connectivity index (χ1n) is 10.1. The van der Waals surface area contributed by atoms with Gasteiger partial charge in [-0.25, -0.2) is 8.42 Å². The van der Waals surface area contributed by atoms with Crippen LogP contribution in [0.5, 0.6) is 11.5 Å². The number of anilines is 2. The van der Waals surface area contributed by atoms with E-state index in [9.17, 15) is 13.2 Å². The lowest BCUT2D eigenvalue weighted by Gasteiger charge is -2.13. The molecule has 9 nitrogen and oxygen atoms in total. The molecule has 0 aliphatic carbocycles. The van der Waals surface area contributed by atoms with E-state index in [1.165, 1.54) is 20.1 Å². The first-order chi connectivity index (χ1) is 15.7. The van der Waals surface area contributed by atoms with Crippen molar-refractivity contribution < 1.29 is 27.2 Å². The van der Waals surface area contributed by atoms with E-state index >= 15 is 0 Å². The van der Waals surface area contributed by atoms with Gasteiger partial charge in [-0.2, -0.15) is 0 Å². The van der Waals surface area contributed by atoms with E-state index in [0.717, 1.165) is 0 Å². The van der Waals surface area contributed by atoms with Crippen LogP contribution in [0.15, 0.2) is 51.9 Å². The molecule has 1 aromatic heterocycles. The normalized spacial score (nSPS) is 11.4. The number of aryl methyl sites for hydroxylation is 1. The molecule has 0 aliphatic heterocycles. The van der Waals surface area contributed by atoms with Crippen LogP contribution >= 0.6 is 0 Å². The lowest BCUT2D eigenvalue weighted by atomic mass is 10.2. The van der Waals surface area contributed by atoms with Crippen LogP contribution in [0.25, 0.3) is 12.2 Å². The molecule has 0 bridgehead atoms. The van der Waals surface area contributed by atoms with Crippen LogP contribution in [0.1, 0.15) is 30.9 Å². The molecule has 0 radical (unpaired) electrons. The summed E-state index contributed by atoms with van der Waals surface area (Å²) in [7, 11) is -2.55. The first-order valence-corrected chi connectivity index (χ1v) is 11.6. The molecule has 1 heterocycles. The van der Waals surface area contributed by atoms with E-state index < -0.39 is 10.0 Å². The van der Waals surface area contributed by atoms with Crippen molar-refractivity contribution in [1.82, 2.24) is 5.16 Å². The monoisotopic (exact) mass is 471 g/mol. The van der Waals surface area contributed by atoms with Crippen molar-refractivity contribution in [1.29, 1.82) is 0 Å². The molecule has 33 heavy (non-hydrogen) atoms. The summed E-state index contributed by atoms with van der Waals surface area (Å²) in [6.07, 6.45) is 3.25. The SMILES string of the molecule is CCOc1ccc(NS(=O)(=O)c2cc(/C=C\c3onc(C)c3NC(C)=O)ccc2OC)cc1. The fourth-order valence-electron chi connectivity index (χ4n) is 3.00. The Morgan fingerprint density at radius 2 is 1.88 bits per heavy atom. The number of aromatic nitrogens is 1. The molecule has 174 valence electrons. The van der Waals surface area contributed by atoms with Crippen LogP contribution in [-0.4, -0.2) is 33.2 Å². The Hall–Kier alpha value is -3.79. The zero-order chi connectivity index (χ0) is 24.0. The minimum absolute atomic E-state index is 0.0307. The number of benzene rings is 2. The second-order valence-electron chi connectivity index (χ2n) is 6.99. The summed E-state index contributed by atoms with van der Waals surface area (Å²) in [5.41, 5.74) is 1.95. The maximum atomic E-state index is 13.1. The van der Waals surface area contributed by atoms with Gasteiger partial charge >= 0.3 is 0 Å². The van der Waals surface area contributed by atoms with Gasteiger partial charge in [-0.3, -0.25) is 9.52 Å². The van der Waals surface area contributed by atoms with Crippen molar-refractivity contribution >= 4 is 39.5 Å². The Bertz CT molecular complexity index is 1260. The molecule has 0 atom stereocenters. The lowest BCUT2D eigenvalue weighted by Crippen LogP contribution is -2.14. The second kappa shape index (κ2) is 10.2. The third kappa shape index (κ3) is 5.92. The maximum Gasteiger partial charge on any atom is 0.265 e. The molecule has 10 heteroatoms.